The Bertz CT molecular complexity index is 987. The second-order valence-corrected chi connectivity index (χ2v) is 5.95. The molecule has 0 spiro atoms. The molecule has 0 saturated carbocycles. The summed E-state index contributed by atoms with van der Waals surface area (Å²) in [6.45, 7) is 1.57. The first-order valence-corrected chi connectivity index (χ1v) is 8.23. The van der Waals surface area contributed by atoms with Crippen molar-refractivity contribution < 1.29 is 22.7 Å². The van der Waals surface area contributed by atoms with Gasteiger partial charge in [0.05, 0.1) is 5.02 Å². The van der Waals surface area contributed by atoms with Gasteiger partial charge in [-0.15, -0.1) is 10.2 Å². The van der Waals surface area contributed by atoms with E-state index in [1.165, 1.54) is 54.6 Å². The van der Waals surface area contributed by atoms with Crippen LogP contribution >= 0.6 is 11.6 Å². The molecule has 1 atom stereocenters. The Balaban J connectivity index is 1.63. The number of aromatic nitrogens is 2. The van der Waals surface area contributed by atoms with Crippen LogP contribution in [0.4, 0.5) is 8.78 Å². The van der Waals surface area contributed by atoms with Gasteiger partial charge in [0.2, 0.25) is 5.89 Å². The normalized spacial score (nSPS) is 12.3. The quantitative estimate of drug-likeness (QED) is 0.454. The molecule has 0 amide bonds. The number of nitrogens with zero attached hydrogens (tertiary/aromatic N) is 2. The molecule has 5 nitrogen and oxygen atoms in total. The molecule has 0 saturated heterocycles. The fourth-order valence-electron chi connectivity index (χ4n) is 2.15. The fraction of sp³-hybridized carbons (Fsp3) is 0.105. The maximum Gasteiger partial charge on any atom is 0.331 e. The predicted molar refractivity (Wildman–Crippen MR) is 94.6 cm³/mol. The summed E-state index contributed by atoms with van der Waals surface area (Å²) >= 11 is 5.68. The van der Waals surface area contributed by atoms with Crippen molar-refractivity contribution in [2.24, 2.45) is 0 Å². The second kappa shape index (κ2) is 8.09. The van der Waals surface area contributed by atoms with Crippen molar-refractivity contribution in [2.75, 3.05) is 0 Å². The zero-order valence-electron chi connectivity index (χ0n) is 14.0. The van der Waals surface area contributed by atoms with Crippen LogP contribution in [-0.4, -0.2) is 16.2 Å². The van der Waals surface area contributed by atoms with Gasteiger partial charge in [0, 0.05) is 11.6 Å². The van der Waals surface area contributed by atoms with Gasteiger partial charge in [-0.1, -0.05) is 17.7 Å². The van der Waals surface area contributed by atoms with Gasteiger partial charge in [-0.05, 0) is 55.0 Å². The van der Waals surface area contributed by atoms with Crippen LogP contribution in [0.1, 0.15) is 24.5 Å². The van der Waals surface area contributed by atoms with E-state index >= 15 is 0 Å². The van der Waals surface area contributed by atoms with Crippen molar-refractivity contribution in [1.82, 2.24) is 10.2 Å². The Morgan fingerprint density at radius 2 is 1.93 bits per heavy atom. The topological polar surface area (TPSA) is 65.2 Å². The van der Waals surface area contributed by atoms with Gasteiger partial charge in [0.25, 0.3) is 5.89 Å². The van der Waals surface area contributed by atoms with Gasteiger partial charge in [-0.3, -0.25) is 0 Å². The second-order valence-electron chi connectivity index (χ2n) is 5.54. The summed E-state index contributed by atoms with van der Waals surface area (Å²) in [5.41, 5.74) is 1.09. The number of esters is 1. The number of hydrogen-bond donors (Lipinski definition) is 0. The smallest absolute Gasteiger partial charge is 0.331 e. The molecule has 3 rings (SSSR count). The van der Waals surface area contributed by atoms with E-state index in [2.05, 4.69) is 10.2 Å². The van der Waals surface area contributed by atoms with Gasteiger partial charge in [-0.2, -0.15) is 0 Å². The lowest BCUT2D eigenvalue weighted by Gasteiger charge is -2.06. The third-order valence-corrected chi connectivity index (χ3v) is 3.82. The Hall–Kier alpha value is -3.06. The number of rotatable bonds is 5. The summed E-state index contributed by atoms with van der Waals surface area (Å²) in [7, 11) is 0. The molecule has 2 aromatic carbocycles. The van der Waals surface area contributed by atoms with E-state index in [0.29, 0.717) is 11.1 Å². The molecule has 1 heterocycles. The molecule has 0 unspecified atom stereocenters. The van der Waals surface area contributed by atoms with E-state index in [1.807, 2.05) is 0 Å². The first-order valence-electron chi connectivity index (χ1n) is 7.85. The lowest BCUT2D eigenvalue weighted by atomic mass is 10.2. The monoisotopic (exact) mass is 390 g/mol. The number of benzene rings is 2. The summed E-state index contributed by atoms with van der Waals surface area (Å²) in [5.74, 6) is -1.29. The molecule has 0 bridgehead atoms. The molecule has 0 N–H and O–H groups in total. The predicted octanol–water partition coefficient (Wildman–Crippen LogP) is 4.99. The van der Waals surface area contributed by atoms with Gasteiger partial charge >= 0.3 is 5.97 Å². The highest BCUT2D eigenvalue weighted by Gasteiger charge is 2.18. The van der Waals surface area contributed by atoms with E-state index in [4.69, 9.17) is 20.8 Å². The molecule has 1 aromatic heterocycles. The Kier molecular flexibility index (Phi) is 5.61. The molecule has 0 fully saturated rings. The molecule has 27 heavy (non-hydrogen) atoms. The lowest BCUT2D eigenvalue weighted by Crippen LogP contribution is -2.06. The molecular formula is C19H13ClF2N2O3. The minimum atomic E-state index is -0.791. The summed E-state index contributed by atoms with van der Waals surface area (Å²) in [5, 5.41) is 7.65. The molecule has 0 radical (unpaired) electrons. The molecular weight excluding hydrogens is 378 g/mol. The van der Waals surface area contributed by atoms with Crippen LogP contribution in [0.2, 0.25) is 5.02 Å². The van der Waals surface area contributed by atoms with Crippen molar-refractivity contribution in [1.29, 1.82) is 0 Å². The van der Waals surface area contributed by atoms with Gasteiger partial charge in [-0.25, -0.2) is 13.6 Å². The van der Waals surface area contributed by atoms with Crippen LogP contribution < -0.4 is 0 Å². The minimum absolute atomic E-state index is 0.0435. The van der Waals surface area contributed by atoms with E-state index in [9.17, 15) is 13.6 Å². The lowest BCUT2D eigenvalue weighted by molar-refractivity contribution is -0.143. The fourth-order valence-corrected chi connectivity index (χ4v) is 2.34. The highest BCUT2D eigenvalue weighted by Crippen LogP contribution is 2.23. The van der Waals surface area contributed by atoms with E-state index in [1.54, 1.807) is 6.92 Å². The van der Waals surface area contributed by atoms with Crippen molar-refractivity contribution >= 4 is 23.6 Å². The average molecular weight is 391 g/mol. The van der Waals surface area contributed by atoms with Crippen LogP contribution in [0.25, 0.3) is 17.5 Å². The summed E-state index contributed by atoms with van der Waals surface area (Å²) in [6.07, 6.45) is 1.83. The zero-order chi connectivity index (χ0) is 19.4. The third-order valence-electron chi connectivity index (χ3n) is 3.53. The maximum absolute atomic E-state index is 13.1. The van der Waals surface area contributed by atoms with Crippen LogP contribution in [0.15, 0.2) is 53.0 Å². The molecule has 3 aromatic rings. The number of hydrogen-bond acceptors (Lipinski definition) is 5. The largest absolute Gasteiger partial charge is 0.449 e. The standard InChI is InChI=1S/C19H13ClF2N2O3/c1-11(18-23-24-19(27-18)13-4-6-14(21)7-5-13)26-17(25)9-3-12-2-8-16(22)15(20)10-12/h2-11H,1H3/b9-3+/t11-/m1/s1. The van der Waals surface area contributed by atoms with Crippen molar-refractivity contribution in [3.05, 3.63) is 76.7 Å². The van der Waals surface area contributed by atoms with Crippen LogP contribution in [0, 0.1) is 11.6 Å². The van der Waals surface area contributed by atoms with Crippen LogP contribution in [0.5, 0.6) is 0 Å². The number of ether oxygens (including phenoxy) is 1. The van der Waals surface area contributed by atoms with Gasteiger partial charge in [0.15, 0.2) is 6.10 Å². The van der Waals surface area contributed by atoms with Crippen molar-refractivity contribution in [3.8, 4) is 11.5 Å². The molecule has 138 valence electrons. The maximum atomic E-state index is 13.1. The first kappa shape index (κ1) is 18.7. The first-order chi connectivity index (χ1) is 12.9. The van der Waals surface area contributed by atoms with Crippen LogP contribution in [0.3, 0.4) is 0 Å². The Morgan fingerprint density at radius 1 is 1.19 bits per heavy atom. The SMILES string of the molecule is C[C@@H](OC(=O)/C=C/c1ccc(F)c(Cl)c1)c1nnc(-c2ccc(F)cc2)o1. The van der Waals surface area contributed by atoms with Gasteiger partial charge in [0.1, 0.15) is 11.6 Å². The van der Waals surface area contributed by atoms with E-state index in [0.717, 1.165) is 0 Å². The summed E-state index contributed by atoms with van der Waals surface area (Å²) in [6, 6.07) is 9.61. The highest BCUT2D eigenvalue weighted by molar-refractivity contribution is 6.30. The number of halogens is 3. The van der Waals surface area contributed by atoms with Crippen molar-refractivity contribution in [2.45, 2.75) is 13.0 Å². The van der Waals surface area contributed by atoms with Crippen LogP contribution in [-0.2, 0) is 9.53 Å². The van der Waals surface area contributed by atoms with Gasteiger partial charge < -0.3 is 9.15 Å². The molecule has 0 aliphatic carbocycles. The Labute approximate surface area is 158 Å². The summed E-state index contributed by atoms with van der Waals surface area (Å²) < 4.78 is 36.7. The summed E-state index contributed by atoms with van der Waals surface area (Å²) in [4.78, 5) is 11.9. The van der Waals surface area contributed by atoms with Crippen molar-refractivity contribution in [3.63, 3.8) is 0 Å². The molecule has 0 aliphatic heterocycles. The van der Waals surface area contributed by atoms with E-state index < -0.39 is 17.9 Å². The minimum Gasteiger partial charge on any atom is -0.449 e. The molecule has 0 aliphatic rings. The number of carbonyl (C=O) groups is 1. The highest BCUT2D eigenvalue weighted by atomic mass is 35.5. The zero-order valence-corrected chi connectivity index (χ0v) is 14.8. The Morgan fingerprint density at radius 3 is 2.63 bits per heavy atom. The third kappa shape index (κ3) is 4.77. The van der Waals surface area contributed by atoms with E-state index in [-0.39, 0.29) is 22.6 Å². The molecule has 8 heteroatoms. The average Bonchev–Trinajstić information content (AvgIpc) is 3.13. The number of carbonyl (C=O) groups excluding carboxylic acids is 1.